The largest absolute Gasteiger partial charge is 0.366 e. The number of nitrogens with two attached hydrogens (primary N) is 1. The van der Waals surface area contributed by atoms with Crippen LogP contribution < -0.4 is 5.73 Å². The van der Waals surface area contributed by atoms with Crippen molar-refractivity contribution in [3.05, 3.63) is 23.8 Å². The number of amides is 1. The van der Waals surface area contributed by atoms with Gasteiger partial charge in [0.2, 0.25) is 5.91 Å². The van der Waals surface area contributed by atoms with Crippen LogP contribution in [0.1, 0.15) is 19.3 Å². The smallest absolute Gasteiger partial charge is 0.244 e. The van der Waals surface area contributed by atoms with E-state index in [4.69, 9.17) is 5.73 Å². The number of carbonyl (C=O) groups is 1. The van der Waals surface area contributed by atoms with Gasteiger partial charge in [-0.05, 0) is 19.3 Å². The molecule has 10 heavy (non-hydrogen) atoms. The molecule has 0 saturated carbocycles. The zero-order valence-electron chi connectivity index (χ0n) is 5.84. The van der Waals surface area contributed by atoms with Crippen molar-refractivity contribution in [2.24, 2.45) is 5.73 Å². The zero-order chi connectivity index (χ0) is 7.40. The monoisotopic (exact) mass is 137 g/mol. The summed E-state index contributed by atoms with van der Waals surface area (Å²) >= 11 is 0. The summed E-state index contributed by atoms with van der Waals surface area (Å²) in [4.78, 5) is 10.6. The number of primary amides is 1. The minimum absolute atomic E-state index is 0.286. The molecule has 54 valence electrons. The van der Waals surface area contributed by atoms with Crippen LogP contribution in [0.3, 0.4) is 0 Å². The zero-order valence-corrected chi connectivity index (χ0v) is 5.84. The second-order valence-electron chi connectivity index (χ2n) is 2.38. The van der Waals surface area contributed by atoms with E-state index < -0.39 is 0 Å². The summed E-state index contributed by atoms with van der Waals surface area (Å²) in [5, 5.41) is 0. The maximum absolute atomic E-state index is 10.6. The van der Waals surface area contributed by atoms with Gasteiger partial charge >= 0.3 is 0 Å². The maximum atomic E-state index is 10.6. The van der Waals surface area contributed by atoms with Crippen LogP contribution in [0.5, 0.6) is 0 Å². The number of hydrogen-bond acceptors (Lipinski definition) is 1. The van der Waals surface area contributed by atoms with Crippen LogP contribution in [-0.2, 0) is 4.79 Å². The van der Waals surface area contributed by atoms with Gasteiger partial charge in [0.25, 0.3) is 0 Å². The quantitative estimate of drug-likeness (QED) is 0.578. The van der Waals surface area contributed by atoms with Gasteiger partial charge in [-0.2, -0.15) is 0 Å². The van der Waals surface area contributed by atoms with Gasteiger partial charge < -0.3 is 5.73 Å². The molecule has 1 aliphatic carbocycles. The minimum atomic E-state index is -0.286. The summed E-state index contributed by atoms with van der Waals surface area (Å²) in [5.74, 6) is -0.286. The van der Waals surface area contributed by atoms with Crippen molar-refractivity contribution in [1.82, 2.24) is 0 Å². The van der Waals surface area contributed by atoms with Crippen molar-refractivity contribution in [2.45, 2.75) is 19.3 Å². The average molecular weight is 137 g/mol. The molecule has 0 aromatic rings. The van der Waals surface area contributed by atoms with Crippen LogP contribution in [0.4, 0.5) is 0 Å². The summed E-state index contributed by atoms with van der Waals surface area (Å²) in [6.45, 7) is 0. The molecule has 0 aliphatic heterocycles. The number of rotatable bonds is 1. The first kappa shape index (κ1) is 7.06. The number of allylic oxidation sites excluding steroid dienone is 3. The van der Waals surface area contributed by atoms with E-state index in [0.29, 0.717) is 0 Å². The molecule has 0 heterocycles. The van der Waals surface area contributed by atoms with Crippen molar-refractivity contribution in [3.8, 4) is 0 Å². The Hall–Kier alpha value is -1.05. The van der Waals surface area contributed by atoms with Crippen LogP contribution in [0.15, 0.2) is 23.8 Å². The maximum Gasteiger partial charge on any atom is 0.244 e. The van der Waals surface area contributed by atoms with Gasteiger partial charge in [-0.1, -0.05) is 18.2 Å². The molecule has 1 aliphatic rings. The molecule has 0 spiro atoms. The van der Waals surface area contributed by atoms with Gasteiger partial charge in [-0.25, -0.2) is 0 Å². The average Bonchev–Trinajstić information content (AvgIpc) is 2.12. The van der Waals surface area contributed by atoms with Crippen LogP contribution in [0.25, 0.3) is 0 Å². The lowest BCUT2D eigenvalue weighted by molar-refractivity contribution is -0.114. The Labute approximate surface area is 60.4 Å². The fourth-order valence-electron chi connectivity index (χ4n) is 0.979. The topological polar surface area (TPSA) is 43.1 Å². The minimum Gasteiger partial charge on any atom is -0.366 e. The summed E-state index contributed by atoms with van der Waals surface area (Å²) in [6, 6.07) is 0. The Bertz CT molecular complexity index is 191. The molecule has 0 aromatic heterocycles. The molecule has 2 nitrogen and oxygen atoms in total. The standard InChI is InChI=1S/C8H11NO/c9-8(10)7-5-3-1-2-4-6-7/h1,3,5H,2,4,6H2,(H2,9,10). The SMILES string of the molecule is NC(=O)C1=CC=CCCC1. The lowest BCUT2D eigenvalue weighted by atomic mass is 10.1. The highest BCUT2D eigenvalue weighted by Crippen LogP contribution is 2.11. The second-order valence-corrected chi connectivity index (χ2v) is 2.38. The van der Waals surface area contributed by atoms with E-state index in [-0.39, 0.29) is 5.91 Å². The highest BCUT2D eigenvalue weighted by Gasteiger charge is 2.03. The van der Waals surface area contributed by atoms with Gasteiger partial charge in [0.05, 0.1) is 0 Å². The van der Waals surface area contributed by atoms with E-state index in [1.807, 2.05) is 6.08 Å². The van der Waals surface area contributed by atoms with Crippen molar-refractivity contribution in [2.75, 3.05) is 0 Å². The van der Waals surface area contributed by atoms with Crippen molar-refractivity contribution < 1.29 is 4.79 Å². The first-order valence-electron chi connectivity index (χ1n) is 3.46. The molecule has 0 fully saturated rings. The first-order chi connectivity index (χ1) is 4.80. The number of carbonyl (C=O) groups excluding carboxylic acids is 1. The third kappa shape index (κ3) is 1.72. The van der Waals surface area contributed by atoms with Crippen LogP contribution in [0, 0.1) is 0 Å². The lowest BCUT2D eigenvalue weighted by Gasteiger charge is -1.96. The van der Waals surface area contributed by atoms with Gasteiger partial charge in [0.15, 0.2) is 0 Å². The normalized spacial score (nSPS) is 17.8. The van der Waals surface area contributed by atoms with E-state index in [1.165, 1.54) is 0 Å². The van der Waals surface area contributed by atoms with Crippen molar-refractivity contribution >= 4 is 5.91 Å². The fraction of sp³-hybridized carbons (Fsp3) is 0.375. The molecule has 2 heteroatoms. The van der Waals surface area contributed by atoms with Crippen molar-refractivity contribution in [3.63, 3.8) is 0 Å². The highest BCUT2D eigenvalue weighted by molar-refractivity contribution is 5.92. The molecule has 1 rings (SSSR count). The third-order valence-corrected chi connectivity index (χ3v) is 1.57. The first-order valence-corrected chi connectivity index (χ1v) is 3.46. The summed E-state index contributed by atoms with van der Waals surface area (Å²) in [6.07, 6.45) is 8.65. The Morgan fingerprint density at radius 3 is 3.10 bits per heavy atom. The highest BCUT2D eigenvalue weighted by atomic mass is 16.1. The predicted molar refractivity (Wildman–Crippen MR) is 40.3 cm³/mol. The lowest BCUT2D eigenvalue weighted by Crippen LogP contribution is -2.13. The molecule has 0 atom stereocenters. The van der Waals surface area contributed by atoms with Gasteiger partial charge in [0.1, 0.15) is 0 Å². The van der Waals surface area contributed by atoms with Gasteiger partial charge in [0, 0.05) is 5.57 Å². The second kappa shape index (κ2) is 3.20. The molecule has 0 unspecified atom stereocenters. The third-order valence-electron chi connectivity index (χ3n) is 1.57. The molecule has 0 radical (unpaired) electrons. The summed E-state index contributed by atoms with van der Waals surface area (Å²) in [5.41, 5.74) is 5.84. The Morgan fingerprint density at radius 1 is 1.60 bits per heavy atom. The van der Waals surface area contributed by atoms with E-state index in [0.717, 1.165) is 24.8 Å². The van der Waals surface area contributed by atoms with Crippen LogP contribution in [0.2, 0.25) is 0 Å². The van der Waals surface area contributed by atoms with Crippen LogP contribution >= 0.6 is 0 Å². The Morgan fingerprint density at radius 2 is 2.40 bits per heavy atom. The molecule has 0 bridgehead atoms. The van der Waals surface area contributed by atoms with E-state index in [9.17, 15) is 4.79 Å². The van der Waals surface area contributed by atoms with Crippen molar-refractivity contribution in [1.29, 1.82) is 0 Å². The van der Waals surface area contributed by atoms with E-state index in [1.54, 1.807) is 6.08 Å². The summed E-state index contributed by atoms with van der Waals surface area (Å²) < 4.78 is 0. The molecular weight excluding hydrogens is 126 g/mol. The molecule has 2 N–H and O–H groups in total. The van der Waals surface area contributed by atoms with E-state index in [2.05, 4.69) is 6.08 Å². The molecule has 0 saturated heterocycles. The Kier molecular flexibility index (Phi) is 2.26. The van der Waals surface area contributed by atoms with Gasteiger partial charge in [-0.15, -0.1) is 0 Å². The predicted octanol–water partition coefficient (Wildman–Crippen LogP) is 1.14. The summed E-state index contributed by atoms with van der Waals surface area (Å²) in [7, 11) is 0. The van der Waals surface area contributed by atoms with Gasteiger partial charge in [-0.3, -0.25) is 4.79 Å². The van der Waals surface area contributed by atoms with Crippen LogP contribution in [-0.4, -0.2) is 5.91 Å². The molecular formula is C8H11NO. The van der Waals surface area contributed by atoms with E-state index >= 15 is 0 Å². The Balaban J connectivity index is 2.66. The number of hydrogen-bond donors (Lipinski definition) is 1. The molecule has 0 aromatic carbocycles. The molecule has 1 amide bonds. The fourth-order valence-corrected chi connectivity index (χ4v) is 0.979.